The lowest BCUT2D eigenvalue weighted by Crippen LogP contribution is -2.43. The molecule has 1 saturated heterocycles. The molecule has 182 valence electrons. The fraction of sp³-hybridized carbons (Fsp3) is 0.333. The third-order valence-corrected chi connectivity index (χ3v) is 5.63. The summed E-state index contributed by atoms with van der Waals surface area (Å²) in [7, 11) is 0. The van der Waals surface area contributed by atoms with E-state index in [0.29, 0.717) is 5.69 Å². The normalized spacial score (nSPS) is 16.8. The summed E-state index contributed by atoms with van der Waals surface area (Å²) in [5.41, 5.74) is 0.529. The predicted molar refractivity (Wildman–Crippen MR) is 130 cm³/mol. The first kappa shape index (κ1) is 26.7. The topological polar surface area (TPSA) is 111 Å². The Morgan fingerprint density at radius 1 is 1.09 bits per heavy atom. The monoisotopic (exact) mass is 488 g/mol. The Labute approximate surface area is 202 Å². The molecule has 2 atom stereocenters. The lowest BCUT2D eigenvalue weighted by atomic mass is 10.1. The van der Waals surface area contributed by atoms with Crippen LogP contribution in [0.2, 0.25) is 0 Å². The van der Waals surface area contributed by atoms with E-state index in [0.717, 1.165) is 11.8 Å². The summed E-state index contributed by atoms with van der Waals surface area (Å²) >= 11 is 1.08. The van der Waals surface area contributed by atoms with Crippen LogP contribution in [-0.2, 0) is 19.1 Å². The molecule has 1 aromatic carbocycles. The molecule has 0 aliphatic carbocycles. The van der Waals surface area contributed by atoms with E-state index in [1.54, 1.807) is 0 Å². The van der Waals surface area contributed by atoms with Crippen LogP contribution in [0.1, 0.15) is 23.7 Å². The minimum Gasteiger partial charge on any atom is -0.487 e. The summed E-state index contributed by atoms with van der Waals surface area (Å²) in [4.78, 5) is 50.7. The second-order valence-electron chi connectivity index (χ2n) is 7.19. The molecule has 0 radical (unpaired) electrons. The van der Waals surface area contributed by atoms with E-state index >= 15 is 0 Å². The molecule has 10 heteroatoms. The van der Waals surface area contributed by atoms with Crippen molar-refractivity contribution >= 4 is 40.5 Å². The van der Waals surface area contributed by atoms with Crippen molar-refractivity contribution in [2.45, 2.75) is 24.6 Å². The van der Waals surface area contributed by atoms with E-state index in [4.69, 9.17) is 14.2 Å². The van der Waals surface area contributed by atoms with E-state index in [9.17, 15) is 19.2 Å². The standard InChI is InChI=1S/C24H28N2O7S/c1-5-10-31-21-13-17(23(29)32-11-6-2)8-9-19(21)25-22(28)20-14-18(34-16(4)27)15-26(20)24(30)33-12-7-3/h5-9,13,18,20H,1-3,10-12,14-15H2,4H3,(H,25,28)/t18-,20-/m0/s1. The van der Waals surface area contributed by atoms with Crippen molar-refractivity contribution in [2.24, 2.45) is 0 Å². The van der Waals surface area contributed by atoms with E-state index in [1.807, 2.05) is 0 Å². The van der Waals surface area contributed by atoms with E-state index in [2.05, 4.69) is 25.1 Å². The van der Waals surface area contributed by atoms with Gasteiger partial charge in [-0.05, 0) is 24.6 Å². The highest BCUT2D eigenvalue weighted by Crippen LogP contribution is 2.31. The van der Waals surface area contributed by atoms with Crippen LogP contribution in [0.4, 0.5) is 10.5 Å². The minimum atomic E-state index is -0.862. The molecule has 2 amide bonds. The third-order valence-electron chi connectivity index (χ3n) is 4.62. The third kappa shape index (κ3) is 7.51. The first-order chi connectivity index (χ1) is 16.3. The number of esters is 1. The fourth-order valence-corrected chi connectivity index (χ4v) is 4.22. The van der Waals surface area contributed by atoms with Gasteiger partial charge in [0, 0.05) is 18.7 Å². The number of hydrogen-bond donors (Lipinski definition) is 1. The van der Waals surface area contributed by atoms with Gasteiger partial charge >= 0.3 is 12.1 Å². The largest absolute Gasteiger partial charge is 0.487 e. The molecule has 0 unspecified atom stereocenters. The molecule has 0 bridgehead atoms. The Morgan fingerprint density at radius 3 is 2.41 bits per heavy atom. The zero-order valence-corrected chi connectivity index (χ0v) is 19.8. The van der Waals surface area contributed by atoms with Gasteiger partial charge < -0.3 is 19.5 Å². The second kappa shape index (κ2) is 13.2. The molecule has 1 fully saturated rings. The van der Waals surface area contributed by atoms with Crippen molar-refractivity contribution in [3.05, 3.63) is 61.7 Å². The Morgan fingerprint density at radius 2 is 1.76 bits per heavy atom. The van der Waals surface area contributed by atoms with Crippen molar-refractivity contribution in [1.29, 1.82) is 0 Å². The lowest BCUT2D eigenvalue weighted by Gasteiger charge is -2.23. The molecule has 0 spiro atoms. The van der Waals surface area contributed by atoms with Crippen molar-refractivity contribution in [3.8, 4) is 5.75 Å². The van der Waals surface area contributed by atoms with Crippen LogP contribution in [0.3, 0.4) is 0 Å². The van der Waals surface area contributed by atoms with Crippen LogP contribution in [0.5, 0.6) is 5.75 Å². The molecule has 2 rings (SSSR count). The minimum absolute atomic E-state index is 0.00283. The van der Waals surface area contributed by atoms with E-state index in [1.165, 1.54) is 48.3 Å². The van der Waals surface area contributed by atoms with Gasteiger partial charge in [-0.2, -0.15) is 0 Å². The van der Waals surface area contributed by atoms with Crippen LogP contribution in [0.15, 0.2) is 56.2 Å². The molecule has 1 N–H and O–H groups in total. The van der Waals surface area contributed by atoms with Gasteiger partial charge in [0.05, 0.1) is 11.3 Å². The van der Waals surface area contributed by atoms with Gasteiger partial charge in [-0.3, -0.25) is 14.5 Å². The SMILES string of the molecule is C=CCOC(=O)c1ccc(NC(=O)[C@@H]2C[C@H](SC(C)=O)CN2C(=O)OCC=C)c(OCC=C)c1. The molecule has 1 heterocycles. The van der Waals surface area contributed by atoms with Gasteiger partial charge in [0.1, 0.15) is 31.6 Å². The summed E-state index contributed by atoms with van der Waals surface area (Å²) in [6, 6.07) is 3.58. The molecular weight excluding hydrogens is 460 g/mol. The maximum absolute atomic E-state index is 13.2. The van der Waals surface area contributed by atoms with Crippen molar-refractivity contribution in [3.63, 3.8) is 0 Å². The molecule has 9 nitrogen and oxygen atoms in total. The molecule has 0 aromatic heterocycles. The predicted octanol–water partition coefficient (Wildman–Crippen LogP) is 3.58. The summed E-state index contributed by atoms with van der Waals surface area (Å²) < 4.78 is 15.8. The Balaban J connectivity index is 2.25. The lowest BCUT2D eigenvalue weighted by molar-refractivity contribution is -0.120. The first-order valence-electron chi connectivity index (χ1n) is 10.5. The van der Waals surface area contributed by atoms with Crippen LogP contribution in [0, 0.1) is 0 Å². The Kier molecular flexibility index (Phi) is 10.4. The van der Waals surface area contributed by atoms with E-state index < -0.39 is 24.0 Å². The Hall–Kier alpha value is -3.53. The zero-order chi connectivity index (χ0) is 25.1. The van der Waals surface area contributed by atoms with Crippen LogP contribution >= 0.6 is 11.8 Å². The van der Waals surface area contributed by atoms with Crippen molar-refractivity contribution in [1.82, 2.24) is 4.90 Å². The van der Waals surface area contributed by atoms with Crippen LogP contribution in [0.25, 0.3) is 0 Å². The van der Waals surface area contributed by atoms with Gasteiger partial charge in [0.15, 0.2) is 5.12 Å². The van der Waals surface area contributed by atoms with Crippen molar-refractivity contribution < 1.29 is 33.4 Å². The molecule has 1 aliphatic heterocycles. The number of thioether (sulfide) groups is 1. The fourth-order valence-electron chi connectivity index (χ4n) is 3.24. The van der Waals surface area contributed by atoms with E-state index in [-0.39, 0.29) is 54.5 Å². The van der Waals surface area contributed by atoms with Crippen molar-refractivity contribution in [2.75, 3.05) is 31.7 Å². The van der Waals surface area contributed by atoms with Gasteiger partial charge in [0.25, 0.3) is 0 Å². The summed E-state index contributed by atoms with van der Waals surface area (Å²) in [5, 5.41) is 2.40. The average Bonchev–Trinajstić information content (AvgIpc) is 3.23. The number of carbonyl (C=O) groups excluding carboxylic acids is 4. The number of rotatable bonds is 11. The van der Waals surface area contributed by atoms with Crippen LogP contribution in [-0.4, -0.2) is 65.6 Å². The maximum Gasteiger partial charge on any atom is 0.410 e. The number of likely N-dealkylation sites (tertiary alicyclic amines) is 1. The highest BCUT2D eigenvalue weighted by atomic mass is 32.2. The number of benzene rings is 1. The van der Waals surface area contributed by atoms with Gasteiger partial charge in [-0.25, -0.2) is 9.59 Å². The number of nitrogens with one attached hydrogen (secondary N) is 1. The molecule has 1 aliphatic rings. The maximum atomic E-state index is 13.2. The molecular formula is C24H28N2O7S. The quantitative estimate of drug-likeness (QED) is 0.372. The van der Waals surface area contributed by atoms with Crippen LogP contribution < -0.4 is 10.1 Å². The average molecular weight is 489 g/mol. The number of hydrogen-bond acceptors (Lipinski definition) is 8. The number of anilines is 1. The summed E-state index contributed by atoms with van der Waals surface area (Å²) in [6.45, 7) is 12.4. The van der Waals surface area contributed by atoms with Gasteiger partial charge in [-0.15, -0.1) is 0 Å². The summed E-state index contributed by atoms with van der Waals surface area (Å²) in [6.07, 6.45) is 4.00. The first-order valence-corrected chi connectivity index (χ1v) is 11.4. The highest BCUT2D eigenvalue weighted by molar-refractivity contribution is 8.14. The Bertz CT molecular complexity index is 963. The number of carbonyl (C=O) groups is 4. The molecule has 34 heavy (non-hydrogen) atoms. The number of ether oxygens (including phenoxy) is 3. The molecule has 1 aromatic rings. The summed E-state index contributed by atoms with van der Waals surface area (Å²) in [5.74, 6) is -0.820. The second-order valence-corrected chi connectivity index (χ2v) is 8.67. The number of amides is 2. The molecule has 0 saturated carbocycles. The smallest absolute Gasteiger partial charge is 0.410 e. The van der Waals surface area contributed by atoms with Gasteiger partial charge in [0.2, 0.25) is 5.91 Å². The van der Waals surface area contributed by atoms with Gasteiger partial charge in [-0.1, -0.05) is 49.7 Å². The zero-order valence-electron chi connectivity index (χ0n) is 19.0. The highest BCUT2D eigenvalue weighted by Gasteiger charge is 2.41. The number of nitrogens with zero attached hydrogens (tertiary/aromatic N) is 1.